The van der Waals surface area contributed by atoms with Crippen molar-refractivity contribution in [3.63, 3.8) is 0 Å². The lowest BCUT2D eigenvalue weighted by molar-refractivity contribution is -0.146. The molecular weight excluding hydrogens is 124 g/mol. The first-order valence-electron chi connectivity index (χ1n) is 2.42. The van der Waals surface area contributed by atoms with Crippen molar-refractivity contribution >= 4 is 5.97 Å². The molecule has 0 aliphatic rings. The summed E-state index contributed by atoms with van der Waals surface area (Å²) >= 11 is 0. The second kappa shape index (κ2) is 3.82. The van der Waals surface area contributed by atoms with E-state index in [0.29, 0.717) is 0 Å². The van der Waals surface area contributed by atoms with E-state index in [1.165, 1.54) is 13.8 Å². The van der Waals surface area contributed by atoms with Gasteiger partial charge >= 0.3 is 5.97 Å². The number of nitrogens with one attached hydrogen (secondary N) is 1. The zero-order valence-electron chi connectivity index (χ0n) is 5.25. The molecule has 1 unspecified atom stereocenters. The van der Waals surface area contributed by atoms with E-state index in [4.69, 9.17) is 0 Å². The minimum absolute atomic E-state index is 0.446. The summed E-state index contributed by atoms with van der Waals surface area (Å²) in [6.07, 6.45) is -0.639. The molecule has 0 aromatic rings. The summed E-state index contributed by atoms with van der Waals surface area (Å²) in [6, 6.07) is 0. The SMILES string of the molecule is CC(=O)OC(C)NN=O. The summed E-state index contributed by atoms with van der Waals surface area (Å²) in [4.78, 5) is 19.6. The fourth-order valence-corrected chi connectivity index (χ4v) is 0.350. The largest absolute Gasteiger partial charge is 0.441 e. The van der Waals surface area contributed by atoms with Crippen LogP contribution in [0.3, 0.4) is 0 Å². The van der Waals surface area contributed by atoms with E-state index >= 15 is 0 Å². The van der Waals surface area contributed by atoms with Crippen molar-refractivity contribution in [3.8, 4) is 0 Å². The molecule has 9 heavy (non-hydrogen) atoms. The van der Waals surface area contributed by atoms with Crippen LogP contribution < -0.4 is 5.43 Å². The second-order valence-corrected chi connectivity index (χ2v) is 1.47. The number of carbonyl (C=O) groups is 1. The molecule has 0 aromatic carbocycles. The van der Waals surface area contributed by atoms with Crippen LogP contribution in [0, 0.1) is 4.91 Å². The van der Waals surface area contributed by atoms with Crippen LogP contribution >= 0.6 is 0 Å². The molecule has 1 N–H and O–H groups in total. The van der Waals surface area contributed by atoms with E-state index in [1.54, 1.807) is 0 Å². The molecule has 0 aliphatic carbocycles. The van der Waals surface area contributed by atoms with Gasteiger partial charge in [-0.15, -0.1) is 4.91 Å². The molecule has 52 valence electrons. The van der Waals surface area contributed by atoms with Crippen molar-refractivity contribution in [1.29, 1.82) is 0 Å². The zero-order valence-corrected chi connectivity index (χ0v) is 5.25. The van der Waals surface area contributed by atoms with Gasteiger partial charge in [-0.2, -0.15) is 0 Å². The Bertz CT molecular complexity index is 114. The summed E-state index contributed by atoms with van der Waals surface area (Å²) in [5, 5.41) is 2.31. The van der Waals surface area contributed by atoms with Crippen LogP contribution in [0.4, 0.5) is 0 Å². The molecule has 0 saturated carbocycles. The number of ether oxygens (including phenoxy) is 1. The van der Waals surface area contributed by atoms with Gasteiger partial charge in [0.2, 0.25) is 0 Å². The van der Waals surface area contributed by atoms with E-state index in [0.717, 1.165) is 0 Å². The van der Waals surface area contributed by atoms with Gasteiger partial charge in [0.25, 0.3) is 0 Å². The number of hydrogen-bond donors (Lipinski definition) is 1. The van der Waals surface area contributed by atoms with Crippen LogP contribution in [0.5, 0.6) is 0 Å². The normalized spacial score (nSPS) is 11.8. The molecule has 0 heterocycles. The molecule has 1 atom stereocenters. The third kappa shape index (κ3) is 4.73. The van der Waals surface area contributed by atoms with Crippen LogP contribution in [-0.4, -0.2) is 12.2 Å². The maximum absolute atomic E-state index is 10.1. The number of nitrogens with zero attached hydrogens (tertiary/aromatic N) is 1. The highest BCUT2D eigenvalue weighted by atomic mass is 16.6. The fraction of sp³-hybridized carbons (Fsp3) is 0.750. The van der Waals surface area contributed by atoms with Gasteiger partial charge in [0, 0.05) is 6.92 Å². The number of esters is 1. The number of rotatable bonds is 3. The van der Waals surface area contributed by atoms with Crippen molar-refractivity contribution in [2.45, 2.75) is 20.1 Å². The standard InChI is InChI=1S/C4H8N2O3/c1-3(5-6-8)9-4(2)7/h3H,1-2H3,(H,5,8). The molecule has 5 heteroatoms. The van der Waals surface area contributed by atoms with Gasteiger partial charge in [-0.1, -0.05) is 0 Å². The Morgan fingerprint density at radius 2 is 2.33 bits per heavy atom. The first-order valence-corrected chi connectivity index (χ1v) is 2.42. The molecular formula is C4H8N2O3. The molecule has 0 saturated heterocycles. The highest BCUT2D eigenvalue weighted by molar-refractivity contribution is 5.66. The quantitative estimate of drug-likeness (QED) is 0.257. The summed E-state index contributed by atoms with van der Waals surface area (Å²) in [6.45, 7) is 2.76. The summed E-state index contributed by atoms with van der Waals surface area (Å²) in [5.41, 5.74) is 2.00. The fourth-order valence-electron chi connectivity index (χ4n) is 0.350. The zero-order chi connectivity index (χ0) is 7.28. The van der Waals surface area contributed by atoms with Crippen LogP contribution in [0.25, 0.3) is 0 Å². The van der Waals surface area contributed by atoms with Crippen LogP contribution in [0.2, 0.25) is 0 Å². The third-order valence-electron chi connectivity index (χ3n) is 0.577. The smallest absolute Gasteiger partial charge is 0.304 e. The highest BCUT2D eigenvalue weighted by Crippen LogP contribution is 1.84. The Kier molecular flexibility index (Phi) is 3.34. The average molecular weight is 132 g/mol. The van der Waals surface area contributed by atoms with Crippen molar-refractivity contribution in [1.82, 2.24) is 5.43 Å². The lowest BCUT2D eigenvalue weighted by atomic mass is 10.7. The molecule has 0 fully saturated rings. The Labute approximate surface area is 52.3 Å². The van der Waals surface area contributed by atoms with Gasteiger partial charge in [0.05, 0.1) is 5.29 Å². The minimum atomic E-state index is -0.639. The van der Waals surface area contributed by atoms with Crippen molar-refractivity contribution in [3.05, 3.63) is 4.91 Å². The van der Waals surface area contributed by atoms with E-state index < -0.39 is 12.2 Å². The van der Waals surface area contributed by atoms with Crippen molar-refractivity contribution in [2.24, 2.45) is 5.29 Å². The maximum Gasteiger partial charge on any atom is 0.304 e. The number of carbonyl (C=O) groups excluding carboxylic acids is 1. The van der Waals surface area contributed by atoms with Gasteiger partial charge in [-0.3, -0.25) is 4.79 Å². The summed E-state index contributed by atoms with van der Waals surface area (Å²) in [5.74, 6) is -0.446. The van der Waals surface area contributed by atoms with Gasteiger partial charge < -0.3 is 4.74 Å². The van der Waals surface area contributed by atoms with Crippen LogP contribution in [-0.2, 0) is 9.53 Å². The maximum atomic E-state index is 10.1. The van der Waals surface area contributed by atoms with Crippen molar-refractivity contribution in [2.75, 3.05) is 0 Å². The molecule has 0 radical (unpaired) electrons. The lowest BCUT2D eigenvalue weighted by Gasteiger charge is -2.06. The van der Waals surface area contributed by atoms with Gasteiger partial charge in [-0.25, -0.2) is 5.43 Å². The molecule has 0 aliphatic heterocycles. The molecule has 0 spiro atoms. The Morgan fingerprint density at radius 3 is 2.67 bits per heavy atom. The summed E-state index contributed by atoms with van der Waals surface area (Å²) in [7, 11) is 0. The molecule has 0 rings (SSSR count). The summed E-state index contributed by atoms with van der Waals surface area (Å²) < 4.78 is 4.45. The van der Waals surface area contributed by atoms with E-state index in [-0.39, 0.29) is 0 Å². The van der Waals surface area contributed by atoms with Gasteiger partial charge in [-0.05, 0) is 6.92 Å². The molecule has 0 aromatic heterocycles. The Balaban J connectivity index is 3.37. The molecule has 0 bridgehead atoms. The molecule has 0 amide bonds. The van der Waals surface area contributed by atoms with Gasteiger partial charge in [0.1, 0.15) is 0 Å². The predicted molar refractivity (Wildman–Crippen MR) is 30.2 cm³/mol. The monoisotopic (exact) mass is 132 g/mol. The average Bonchev–Trinajstić information content (AvgIpc) is 1.63. The highest BCUT2D eigenvalue weighted by Gasteiger charge is 2.01. The Morgan fingerprint density at radius 1 is 1.78 bits per heavy atom. The third-order valence-corrected chi connectivity index (χ3v) is 0.577. The van der Waals surface area contributed by atoms with E-state index in [2.05, 4.69) is 10.0 Å². The van der Waals surface area contributed by atoms with Crippen LogP contribution in [0.1, 0.15) is 13.8 Å². The first kappa shape index (κ1) is 7.87. The topological polar surface area (TPSA) is 67.8 Å². The minimum Gasteiger partial charge on any atom is -0.441 e. The number of hydrogen-bond acceptors (Lipinski definition) is 4. The Hall–Kier alpha value is -1.13. The van der Waals surface area contributed by atoms with Gasteiger partial charge in [0.15, 0.2) is 6.23 Å². The van der Waals surface area contributed by atoms with Crippen molar-refractivity contribution < 1.29 is 9.53 Å². The predicted octanol–water partition coefficient (Wildman–Crippen LogP) is 0.167. The second-order valence-electron chi connectivity index (χ2n) is 1.47. The number of nitroso groups, excluding NO2 is 1. The lowest BCUT2D eigenvalue weighted by Crippen LogP contribution is -2.25. The van der Waals surface area contributed by atoms with Crippen LogP contribution in [0.15, 0.2) is 5.29 Å². The molecule has 5 nitrogen and oxygen atoms in total. The first-order chi connectivity index (χ1) is 4.16. The van der Waals surface area contributed by atoms with E-state index in [1.807, 2.05) is 5.43 Å². The van der Waals surface area contributed by atoms with E-state index in [9.17, 15) is 9.70 Å².